The van der Waals surface area contributed by atoms with Crippen LogP contribution < -0.4 is 16.0 Å². The van der Waals surface area contributed by atoms with Gasteiger partial charge in [0, 0.05) is 5.56 Å². The number of thiophene rings is 1. The highest BCUT2D eigenvalue weighted by Gasteiger charge is 2.12. The van der Waals surface area contributed by atoms with E-state index >= 15 is 0 Å². The number of carbonyl (C=O) groups is 1. The maximum atomic E-state index is 11.5. The molecule has 0 spiro atoms. The fourth-order valence-electron chi connectivity index (χ4n) is 1.51. The van der Waals surface area contributed by atoms with Crippen molar-refractivity contribution in [3.05, 3.63) is 51.7 Å². The molecule has 2 aromatic rings. The minimum atomic E-state index is -0.285. The van der Waals surface area contributed by atoms with Crippen LogP contribution in [0.3, 0.4) is 0 Å². The van der Waals surface area contributed by atoms with E-state index in [4.69, 9.17) is 10.6 Å². The first-order valence-corrected chi connectivity index (χ1v) is 6.35. The largest absolute Gasteiger partial charge is 0.489 e. The number of rotatable bonds is 4. The third kappa shape index (κ3) is 2.88. The van der Waals surface area contributed by atoms with E-state index in [1.54, 1.807) is 0 Å². The Labute approximate surface area is 109 Å². The molecule has 1 aromatic heterocycles. The second-order valence-corrected chi connectivity index (χ2v) is 4.77. The van der Waals surface area contributed by atoms with Crippen molar-refractivity contribution in [1.82, 2.24) is 5.43 Å². The molecule has 94 valence electrons. The molecule has 1 aromatic carbocycles. The predicted octanol–water partition coefficient (Wildman–Crippen LogP) is 2.24. The third-order valence-electron chi connectivity index (χ3n) is 2.50. The molecule has 0 saturated heterocycles. The number of carbonyl (C=O) groups excluding carboxylic acids is 1. The van der Waals surface area contributed by atoms with Crippen LogP contribution in [0.5, 0.6) is 5.75 Å². The summed E-state index contributed by atoms with van der Waals surface area (Å²) in [5, 5.41) is 1.85. The molecule has 5 heteroatoms. The normalized spacial score (nSPS) is 10.1. The number of nitrogens with one attached hydrogen (secondary N) is 1. The molecule has 0 unspecified atom stereocenters. The lowest BCUT2D eigenvalue weighted by Gasteiger charge is -2.06. The number of aryl methyl sites for hydroxylation is 1. The Hall–Kier alpha value is -1.85. The van der Waals surface area contributed by atoms with Crippen molar-refractivity contribution >= 4 is 17.2 Å². The van der Waals surface area contributed by atoms with Gasteiger partial charge in [-0.3, -0.25) is 10.2 Å². The molecule has 0 atom stereocenters. The number of nitrogen functional groups attached to an aromatic ring is 1. The van der Waals surface area contributed by atoms with Crippen LogP contribution in [-0.4, -0.2) is 5.91 Å². The van der Waals surface area contributed by atoms with E-state index in [1.807, 2.05) is 42.6 Å². The smallest absolute Gasteiger partial charge is 0.275 e. The molecule has 0 aliphatic carbocycles. The number of ether oxygens (including phenoxy) is 1. The van der Waals surface area contributed by atoms with E-state index in [2.05, 4.69) is 5.43 Å². The zero-order chi connectivity index (χ0) is 13.0. The summed E-state index contributed by atoms with van der Waals surface area (Å²) in [7, 11) is 0. The molecule has 0 radical (unpaired) electrons. The van der Waals surface area contributed by atoms with Crippen molar-refractivity contribution in [3.8, 4) is 5.75 Å². The van der Waals surface area contributed by atoms with Gasteiger partial charge >= 0.3 is 0 Å². The Kier molecular flexibility index (Phi) is 3.96. The van der Waals surface area contributed by atoms with Gasteiger partial charge in [-0.25, -0.2) is 5.84 Å². The second kappa shape index (κ2) is 5.66. The van der Waals surface area contributed by atoms with Crippen LogP contribution in [0, 0.1) is 6.92 Å². The topological polar surface area (TPSA) is 64.3 Å². The molecule has 0 aliphatic heterocycles. The van der Waals surface area contributed by atoms with Gasteiger partial charge in [-0.2, -0.15) is 0 Å². The lowest BCUT2D eigenvalue weighted by Crippen LogP contribution is -2.30. The summed E-state index contributed by atoms with van der Waals surface area (Å²) >= 11 is 1.35. The zero-order valence-electron chi connectivity index (χ0n) is 9.97. The van der Waals surface area contributed by atoms with E-state index in [-0.39, 0.29) is 5.91 Å². The van der Waals surface area contributed by atoms with Crippen molar-refractivity contribution in [2.45, 2.75) is 13.5 Å². The standard InChI is InChI=1S/C13H14N2O2S/c1-9-2-4-11(5-3-9)17-8-10-6-7-18-12(10)13(16)15-14/h2-7H,8,14H2,1H3,(H,15,16). The van der Waals surface area contributed by atoms with Gasteiger partial charge in [0.25, 0.3) is 5.91 Å². The highest BCUT2D eigenvalue weighted by atomic mass is 32.1. The van der Waals surface area contributed by atoms with Crippen LogP contribution >= 0.6 is 11.3 Å². The van der Waals surface area contributed by atoms with Crippen LogP contribution in [0.25, 0.3) is 0 Å². The van der Waals surface area contributed by atoms with Crippen LogP contribution in [0.15, 0.2) is 35.7 Å². The Bertz CT molecular complexity index is 534. The van der Waals surface area contributed by atoms with Crippen LogP contribution in [0.2, 0.25) is 0 Å². The van der Waals surface area contributed by atoms with Crippen LogP contribution in [0.1, 0.15) is 20.8 Å². The third-order valence-corrected chi connectivity index (χ3v) is 3.45. The van der Waals surface area contributed by atoms with Gasteiger partial charge in [0.1, 0.15) is 12.4 Å². The van der Waals surface area contributed by atoms with Gasteiger partial charge in [-0.15, -0.1) is 11.3 Å². The number of hydrogen-bond acceptors (Lipinski definition) is 4. The SMILES string of the molecule is Cc1ccc(OCc2ccsc2C(=O)NN)cc1. The summed E-state index contributed by atoms with van der Waals surface area (Å²) in [6.07, 6.45) is 0. The molecular weight excluding hydrogens is 248 g/mol. The summed E-state index contributed by atoms with van der Waals surface area (Å²) in [4.78, 5) is 12.1. The second-order valence-electron chi connectivity index (χ2n) is 3.85. The molecule has 0 saturated carbocycles. The Morgan fingerprint density at radius 1 is 1.33 bits per heavy atom. The molecule has 4 nitrogen and oxygen atoms in total. The Balaban J connectivity index is 2.04. The van der Waals surface area contributed by atoms with Crippen molar-refractivity contribution < 1.29 is 9.53 Å². The van der Waals surface area contributed by atoms with Gasteiger partial charge in [0.15, 0.2) is 0 Å². The van der Waals surface area contributed by atoms with Crippen molar-refractivity contribution in [1.29, 1.82) is 0 Å². The van der Waals surface area contributed by atoms with E-state index < -0.39 is 0 Å². The summed E-state index contributed by atoms with van der Waals surface area (Å²) in [5.41, 5.74) is 4.15. The maximum Gasteiger partial charge on any atom is 0.275 e. The number of hydrazine groups is 1. The Morgan fingerprint density at radius 2 is 2.06 bits per heavy atom. The van der Waals surface area contributed by atoms with Gasteiger partial charge < -0.3 is 4.74 Å². The summed E-state index contributed by atoms with van der Waals surface area (Å²) in [6.45, 7) is 2.38. The molecule has 0 fully saturated rings. The van der Waals surface area contributed by atoms with E-state index in [0.29, 0.717) is 11.5 Å². The monoisotopic (exact) mass is 262 g/mol. The maximum absolute atomic E-state index is 11.5. The first-order chi connectivity index (χ1) is 8.70. The fourth-order valence-corrected chi connectivity index (χ4v) is 2.32. The lowest BCUT2D eigenvalue weighted by molar-refractivity contribution is 0.0955. The molecule has 18 heavy (non-hydrogen) atoms. The van der Waals surface area contributed by atoms with E-state index in [1.165, 1.54) is 16.9 Å². The lowest BCUT2D eigenvalue weighted by atomic mass is 10.2. The first kappa shape index (κ1) is 12.6. The van der Waals surface area contributed by atoms with Gasteiger partial charge in [0.2, 0.25) is 0 Å². The molecule has 2 rings (SSSR count). The van der Waals surface area contributed by atoms with Crippen molar-refractivity contribution in [3.63, 3.8) is 0 Å². The molecule has 0 aliphatic rings. The zero-order valence-corrected chi connectivity index (χ0v) is 10.8. The average molecular weight is 262 g/mol. The quantitative estimate of drug-likeness (QED) is 0.504. The molecule has 0 bridgehead atoms. The molecule has 1 heterocycles. The van der Waals surface area contributed by atoms with Crippen molar-refractivity contribution in [2.24, 2.45) is 5.84 Å². The molecule has 3 N–H and O–H groups in total. The number of nitrogens with two attached hydrogens (primary N) is 1. The average Bonchev–Trinajstić information content (AvgIpc) is 2.85. The summed E-state index contributed by atoms with van der Waals surface area (Å²) < 4.78 is 5.63. The highest BCUT2D eigenvalue weighted by Crippen LogP contribution is 2.19. The predicted molar refractivity (Wildman–Crippen MR) is 71.5 cm³/mol. The van der Waals surface area contributed by atoms with Crippen LogP contribution in [0.4, 0.5) is 0 Å². The first-order valence-electron chi connectivity index (χ1n) is 5.47. The molecule has 1 amide bonds. The molecular formula is C13H14N2O2S. The highest BCUT2D eigenvalue weighted by molar-refractivity contribution is 7.12. The summed E-state index contributed by atoms with van der Waals surface area (Å²) in [6, 6.07) is 9.64. The minimum absolute atomic E-state index is 0.285. The number of amides is 1. The van der Waals surface area contributed by atoms with Gasteiger partial charge in [0.05, 0.1) is 4.88 Å². The van der Waals surface area contributed by atoms with E-state index in [0.717, 1.165) is 11.3 Å². The minimum Gasteiger partial charge on any atom is -0.489 e. The number of hydrogen-bond donors (Lipinski definition) is 2. The van der Waals surface area contributed by atoms with Gasteiger partial charge in [-0.1, -0.05) is 17.7 Å². The Morgan fingerprint density at radius 3 is 2.72 bits per heavy atom. The fraction of sp³-hybridized carbons (Fsp3) is 0.154. The van der Waals surface area contributed by atoms with E-state index in [9.17, 15) is 4.79 Å². The van der Waals surface area contributed by atoms with Crippen LogP contribution in [-0.2, 0) is 6.61 Å². The van der Waals surface area contributed by atoms with Crippen molar-refractivity contribution in [2.75, 3.05) is 0 Å². The summed E-state index contributed by atoms with van der Waals surface area (Å²) in [5.74, 6) is 5.62. The van der Waals surface area contributed by atoms with Gasteiger partial charge in [-0.05, 0) is 30.5 Å². The number of benzene rings is 1.